The first-order chi connectivity index (χ1) is 22.8. The first-order valence-electron chi connectivity index (χ1n) is 15.9. The number of hydrogen-bond acceptors (Lipinski definition) is 9. The van der Waals surface area contributed by atoms with Crippen LogP contribution in [0.3, 0.4) is 0 Å². The smallest absolute Gasteiger partial charge is 0.872 e. The molecule has 0 saturated carbocycles. The summed E-state index contributed by atoms with van der Waals surface area (Å²) in [7, 11) is -9.01. The van der Waals surface area contributed by atoms with Crippen LogP contribution < -0.4 is 14.6 Å². The van der Waals surface area contributed by atoms with Crippen LogP contribution in [0.1, 0.15) is 76.3 Å². The second kappa shape index (κ2) is 20.7. The fourth-order valence-corrected chi connectivity index (χ4v) is 6.14. The minimum absolute atomic E-state index is 0. The number of unbranched alkanes of at least 4 members (excludes halogenated alkanes) is 6. The number of phenolic OH excluding ortho intramolecular Hbond substituents is 1. The van der Waals surface area contributed by atoms with E-state index < -0.39 is 25.1 Å². The topological polar surface area (TPSA) is 173 Å². The summed E-state index contributed by atoms with van der Waals surface area (Å²) in [6, 6.07) is 20.7. The van der Waals surface area contributed by atoms with Crippen LogP contribution in [0.15, 0.2) is 94.7 Å². The Morgan fingerprint density at radius 2 is 1.08 bits per heavy atom. The van der Waals surface area contributed by atoms with Gasteiger partial charge in [0.1, 0.15) is 43.8 Å². The minimum atomic E-state index is -4.64. The van der Waals surface area contributed by atoms with E-state index in [0.717, 1.165) is 68.9 Å². The maximum atomic E-state index is 11.6. The van der Waals surface area contributed by atoms with Crippen LogP contribution in [0.5, 0.6) is 34.5 Å². The average molecular weight is 739 g/mol. The van der Waals surface area contributed by atoms with Crippen LogP contribution in [0.2, 0.25) is 0 Å². The molecule has 4 aromatic carbocycles. The number of phenols is 1. The third-order valence-electron chi connectivity index (χ3n) is 7.36. The molecule has 0 heterocycles. The Morgan fingerprint density at radius 1 is 0.612 bits per heavy atom. The largest absolute Gasteiger partial charge is 2.00 e. The molecule has 0 aliphatic heterocycles. The van der Waals surface area contributed by atoms with E-state index >= 15 is 0 Å². The van der Waals surface area contributed by atoms with Crippen molar-refractivity contribution in [3.8, 4) is 34.5 Å². The Hall–Kier alpha value is -2.84. The zero-order valence-corrected chi connectivity index (χ0v) is 31.7. The van der Waals surface area contributed by atoms with Crippen molar-refractivity contribution in [3.05, 3.63) is 96.1 Å². The van der Waals surface area contributed by atoms with Gasteiger partial charge in [0, 0.05) is 0 Å². The van der Waals surface area contributed by atoms with Gasteiger partial charge in [0.05, 0.1) is 4.90 Å². The molecule has 4 rings (SSSR count). The number of para-hydroxylation sites is 2. The van der Waals surface area contributed by atoms with E-state index in [1.165, 1.54) is 60.7 Å². The third kappa shape index (κ3) is 14.1. The summed E-state index contributed by atoms with van der Waals surface area (Å²) in [6.07, 6.45) is 9.87. The van der Waals surface area contributed by atoms with Crippen LogP contribution in [-0.4, -0.2) is 68.8 Å². The summed E-state index contributed by atoms with van der Waals surface area (Å²) in [5.41, 5.74) is 1.52. The van der Waals surface area contributed by atoms with Gasteiger partial charge in [0.2, 0.25) is 0 Å². The minimum Gasteiger partial charge on any atom is -0.872 e. The average Bonchev–Trinajstić information content (AvgIpc) is 3.03. The molecule has 260 valence electrons. The molecule has 0 aliphatic rings. The number of hydrogen-bond donors (Lipinski definition) is 2. The van der Waals surface area contributed by atoms with E-state index in [0.29, 0.717) is 17.9 Å². The zero-order chi connectivity index (χ0) is 35.2. The number of aryl methyl sites for hydroxylation is 2. The van der Waals surface area contributed by atoms with E-state index in [-0.39, 0.29) is 65.6 Å². The molecular weight excluding hydrogens is 697 g/mol. The van der Waals surface area contributed by atoms with Gasteiger partial charge < -0.3 is 24.2 Å². The Morgan fingerprint density at radius 3 is 1.59 bits per heavy atom. The molecule has 0 radical (unpaired) electrons. The molecule has 0 aromatic heterocycles. The molecule has 0 bridgehead atoms. The molecule has 13 heteroatoms. The maximum Gasteiger partial charge on any atom is 2.00 e. The van der Waals surface area contributed by atoms with E-state index in [4.69, 9.17) is 9.47 Å². The standard InChI is InChI=1S/2C18H22O5S.Ca/c2*1-2-3-4-5-8-14-13-15(19)11-12-16(14)23-17-9-6-7-10-18(17)24(20,21)22;/h2*6-7,9-13,19H,2-5,8H2,1H3,(H,20,21,22);/q;;+2/p-2. The molecule has 4 aromatic rings. The molecule has 0 fully saturated rings. The van der Waals surface area contributed by atoms with Crippen LogP contribution in [-0.2, 0) is 33.1 Å². The first-order valence-corrected chi connectivity index (χ1v) is 18.8. The van der Waals surface area contributed by atoms with Gasteiger partial charge in [0.25, 0.3) is 10.1 Å². The van der Waals surface area contributed by atoms with Crippen LogP contribution in [0.4, 0.5) is 0 Å². The molecule has 10 nitrogen and oxygen atoms in total. The molecule has 2 N–H and O–H groups in total. The molecule has 0 amide bonds. The predicted octanol–water partition coefficient (Wildman–Crippen LogP) is 7.75. The Kier molecular flexibility index (Phi) is 17.9. The van der Waals surface area contributed by atoms with Gasteiger partial charge in [-0.25, -0.2) is 8.42 Å². The molecule has 0 saturated heterocycles. The molecule has 0 unspecified atom stereocenters. The van der Waals surface area contributed by atoms with Gasteiger partial charge in [-0.1, -0.05) is 88.8 Å². The summed E-state index contributed by atoms with van der Waals surface area (Å²) in [6.45, 7) is 4.25. The summed E-state index contributed by atoms with van der Waals surface area (Å²) >= 11 is 0. The number of ether oxygens (including phenoxy) is 2. The van der Waals surface area contributed by atoms with E-state index in [2.05, 4.69) is 13.8 Å². The van der Waals surface area contributed by atoms with E-state index in [1.54, 1.807) is 24.3 Å². The summed E-state index contributed by atoms with van der Waals surface area (Å²) < 4.78 is 77.7. The Bertz CT molecular complexity index is 1710. The monoisotopic (exact) mass is 738 g/mol. The van der Waals surface area contributed by atoms with Crippen LogP contribution in [0, 0.1) is 0 Å². The molecule has 0 aliphatic carbocycles. The summed E-state index contributed by atoms with van der Waals surface area (Å²) in [4.78, 5) is -0.692. The van der Waals surface area contributed by atoms with Gasteiger partial charge in [-0.15, -0.1) is 5.75 Å². The maximum absolute atomic E-state index is 11.6. The quantitative estimate of drug-likeness (QED) is 0.0657. The van der Waals surface area contributed by atoms with Crippen molar-refractivity contribution in [2.24, 2.45) is 0 Å². The molecule has 0 spiro atoms. The Balaban J connectivity index is 0.000000333. The molecule has 49 heavy (non-hydrogen) atoms. The van der Waals surface area contributed by atoms with Crippen molar-refractivity contribution >= 4 is 58.0 Å². The predicted molar refractivity (Wildman–Crippen MR) is 186 cm³/mol. The fourth-order valence-electron chi connectivity index (χ4n) is 4.92. The second-order valence-corrected chi connectivity index (χ2v) is 13.9. The summed E-state index contributed by atoms with van der Waals surface area (Å²) in [5.74, 6) is 0.914. The second-order valence-electron chi connectivity index (χ2n) is 11.2. The van der Waals surface area contributed by atoms with E-state index in [9.17, 15) is 36.2 Å². The fraction of sp³-hybridized carbons (Fsp3) is 0.333. The first kappa shape index (κ1) is 42.3. The SMILES string of the molecule is CCCCCCc1cc(O)ccc1Oc1ccccc1S(=O)(=O)O.CCCCCCc1cc([O-])ccc1Oc1ccccc1S(=O)(=O)[O-].[Ca+2]. The number of rotatable bonds is 16. The van der Waals surface area contributed by atoms with Crippen LogP contribution in [0.25, 0.3) is 0 Å². The van der Waals surface area contributed by atoms with Gasteiger partial charge in [-0.3, -0.25) is 4.55 Å². The van der Waals surface area contributed by atoms with Gasteiger partial charge in [0.15, 0.2) is 0 Å². The number of aromatic hydroxyl groups is 1. The molecular formula is C36H42CaO10S2. The van der Waals surface area contributed by atoms with Crippen molar-refractivity contribution in [2.75, 3.05) is 0 Å². The van der Waals surface area contributed by atoms with Crippen molar-refractivity contribution in [1.29, 1.82) is 0 Å². The van der Waals surface area contributed by atoms with Gasteiger partial charge in [-0.2, -0.15) is 8.42 Å². The van der Waals surface area contributed by atoms with Crippen molar-refractivity contribution in [2.45, 2.75) is 87.8 Å². The number of benzene rings is 4. The van der Waals surface area contributed by atoms with Crippen molar-refractivity contribution < 1.29 is 45.6 Å². The summed E-state index contributed by atoms with van der Waals surface area (Å²) in [5, 5.41) is 21.3. The van der Waals surface area contributed by atoms with Crippen molar-refractivity contribution in [1.82, 2.24) is 0 Å². The van der Waals surface area contributed by atoms with Gasteiger partial charge in [-0.05, 0) is 85.3 Å². The van der Waals surface area contributed by atoms with E-state index in [1.807, 2.05) is 0 Å². The third-order valence-corrected chi connectivity index (χ3v) is 9.13. The normalized spacial score (nSPS) is 11.2. The van der Waals surface area contributed by atoms with Crippen molar-refractivity contribution in [3.63, 3.8) is 0 Å². The van der Waals surface area contributed by atoms with Gasteiger partial charge >= 0.3 is 37.7 Å². The zero-order valence-electron chi connectivity index (χ0n) is 27.8. The Labute approximate surface area is 319 Å². The molecule has 0 atom stereocenters. The van der Waals surface area contributed by atoms with Crippen LogP contribution >= 0.6 is 0 Å².